The third-order valence-electron chi connectivity index (χ3n) is 3.97. The fraction of sp³-hybridized carbons (Fsp3) is 0.150. The monoisotopic (exact) mass is 389 g/mol. The van der Waals surface area contributed by atoms with Gasteiger partial charge in [0.25, 0.3) is 0 Å². The summed E-state index contributed by atoms with van der Waals surface area (Å²) in [6.07, 6.45) is 2.99. The maximum Gasteiger partial charge on any atom is 0.195 e. The van der Waals surface area contributed by atoms with Gasteiger partial charge in [-0.2, -0.15) is 10.4 Å². The Kier molecular flexibility index (Phi) is 5.08. The summed E-state index contributed by atoms with van der Waals surface area (Å²) in [7, 11) is 0. The normalized spacial score (nSPS) is 11.1. The Morgan fingerprint density at radius 2 is 2.11 bits per heavy atom. The first kappa shape index (κ1) is 17.8. The SMILES string of the molecule is CCOc1ccccc1-c1sc2c(N=NCc3ccco3)ncnc2c1C#N. The molecule has 8 heteroatoms. The predicted molar refractivity (Wildman–Crippen MR) is 106 cm³/mol. The Bertz CT molecular complexity index is 1180. The van der Waals surface area contributed by atoms with Crippen LogP contribution < -0.4 is 4.74 Å². The van der Waals surface area contributed by atoms with Gasteiger partial charge in [-0.3, -0.25) is 0 Å². The smallest absolute Gasteiger partial charge is 0.195 e. The molecule has 0 atom stereocenters. The van der Waals surface area contributed by atoms with E-state index in [0.29, 0.717) is 40.5 Å². The van der Waals surface area contributed by atoms with E-state index < -0.39 is 0 Å². The van der Waals surface area contributed by atoms with E-state index in [1.165, 1.54) is 17.7 Å². The van der Waals surface area contributed by atoms with E-state index in [1.54, 1.807) is 12.3 Å². The standard InChI is InChI=1S/C20H15N5O2S/c1-2-26-16-8-4-3-7-14(16)18-15(10-21)17-19(28-18)20(23-12-22-17)25-24-11-13-6-5-9-27-13/h3-9,12H,2,11H2,1H3. The number of nitrogens with zero attached hydrogens (tertiary/aromatic N) is 5. The van der Waals surface area contributed by atoms with Crippen LogP contribution in [-0.4, -0.2) is 16.6 Å². The fourth-order valence-electron chi connectivity index (χ4n) is 2.77. The van der Waals surface area contributed by atoms with Crippen LogP contribution in [0, 0.1) is 11.3 Å². The third kappa shape index (κ3) is 3.35. The number of thiophene rings is 1. The van der Waals surface area contributed by atoms with Crippen LogP contribution in [0.1, 0.15) is 18.2 Å². The van der Waals surface area contributed by atoms with Crippen LogP contribution in [0.4, 0.5) is 5.82 Å². The number of para-hydroxylation sites is 1. The lowest BCUT2D eigenvalue weighted by molar-refractivity contribution is 0.341. The van der Waals surface area contributed by atoms with Crippen molar-refractivity contribution in [1.82, 2.24) is 9.97 Å². The number of aromatic nitrogens is 2. The van der Waals surface area contributed by atoms with Gasteiger partial charge in [-0.15, -0.1) is 16.5 Å². The van der Waals surface area contributed by atoms with Crippen LogP contribution >= 0.6 is 11.3 Å². The number of fused-ring (bicyclic) bond motifs is 1. The van der Waals surface area contributed by atoms with E-state index in [2.05, 4.69) is 26.3 Å². The van der Waals surface area contributed by atoms with Crippen molar-refractivity contribution in [3.8, 4) is 22.3 Å². The molecule has 0 unspecified atom stereocenters. The molecule has 4 rings (SSSR count). The van der Waals surface area contributed by atoms with E-state index in [4.69, 9.17) is 9.15 Å². The van der Waals surface area contributed by atoms with Crippen molar-refractivity contribution in [2.45, 2.75) is 13.5 Å². The zero-order valence-corrected chi connectivity index (χ0v) is 15.8. The molecule has 3 aromatic heterocycles. The van der Waals surface area contributed by atoms with E-state index >= 15 is 0 Å². The Labute approximate surface area is 165 Å². The molecule has 0 aliphatic rings. The van der Waals surface area contributed by atoms with Gasteiger partial charge in [-0.25, -0.2) is 9.97 Å². The number of benzene rings is 1. The Hall–Kier alpha value is -3.57. The topological polar surface area (TPSA) is 96.7 Å². The van der Waals surface area contributed by atoms with Gasteiger partial charge < -0.3 is 9.15 Å². The van der Waals surface area contributed by atoms with Gasteiger partial charge in [-0.05, 0) is 31.2 Å². The molecular formula is C20H15N5O2S. The van der Waals surface area contributed by atoms with Crippen LogP contribution in [0.5, 0.6) is 5.75 Å². The Morgan fingerprint density at radius 1 is 1.21 bits per heavy atom. The summed E-state index contributed by atoms with van der Waals surface area (Å²) in [5.74, 6) is 1.87. The number of nitriles is 1. The zero-order valence-electron chi connectivity index (χ0n) is 15.0. The minimum atomic E-state index is 0.314. The number of azo groups is 1. The maximum atomic E-state index is 9.77. The van der Waals surface area contributed by atoms with Crippen LogP contribution in [0.2, 0.25) is 0 Å². The van der Waals surface area contributed by atoms with Crippen molar-refractivity contribution in [3.05, 3.63) is 60.3 Å². The highest BCUT2D eigenvalue weighted by Crippen LogP contribution is 2.43. The molecule has 0 bridgehead atoms. The minimum absolute atomic E-state index is 0.314. The molecule has 138 valence electrons. The van der Waals surface area contributed by atoms with E-state index in [1.807, 2.05) is 37.3 Å². The quantitative estimate of drug-likeness (QED) is 0.405. The average Bonchev–Trinajstić information content (AvgIpc) is 3.36. The van der Waals surface area contributed by atoms with E-state index in [-0.39, 0.29) is 0 Å². The second kappa shape index (κ2) is 7.98. The van der Waals surface area contributed by atoms with Crippen LogP contribution in [0.15, 0.2) is 63.6 Å². The molecular weight excluding hydrogens is 374 g/mol. The molecule has 0 saturated carbocycles. The van der Waals surface area contributed by atoms with Crippen molar-refractivity contribution in [2.75, 3.05) is 6.61 Å². The van der Waals surface area contributed by atoms with Crippen molar-refractivity contribution in [1.29, 1.82) is 5.26 Å². The molecule has 0 radical (unpaired) electrons. The fourth-order valence-corrected chi connectivity index (χ4v) is 3.94. The number of hydrogen-bond donors (Lipinski definition) is 0. The number of furan rings is 1. The van der Waals surface area contributed by atoms with Gasteiger partial charge in [0.05, 0.1) is 23.3 Å². The second-order valence-electron chi connectivity index (χ2n) is 5.70. The molecule has 0 aliphatic heterocycles. The molecule has 1 aromatic carbocycles. The van der Waals surface area contributed by atoms with E-state index in [9.17, 15) is 5.26 Å². The highest BCUT2D eigenvalue weighted by molar-refractivity contribution is 7.23. The highest BCUT2D eigenvalue weighted by atomic mass is 32.1. The summed E-state index contributed by atoms with van der Waals surface area (Å²) in [5, 5.41) is 18.2. The molecule has 0 N–H and O–H groups in total. The number of ether oxygens (including phenoxy) is 1. The number of hydrogen-bond acceptors (Lipinski definition) is 8. The van der Waals surface area contributed by atoms with Crippen LogP contribution in [0.3, 0.4) is 0 Å². The summed E-state index contributed by atoms with van der Waals surface area (Å²) in [6.45, 7) is 2.78. The lowest BCUT2D eigenvalue weighted by Gasteiger charge is -2.08. The zero-order chi connectivity index (χ0) is 19.3. The van der Waals surface area contributed by atoms with E-state index in [0.717, 1.165) is 16.2 Å². The molecule has 3 heterocycles. The molecule has 7 nitrogen and oxygen atoms in total. The van der Waals surface area contributed by atoms with Gasteiger partial charge in [0.2, 0.25) is 0 Å². The minimum Gasteiger partial charge on any atom is -0.493 e. The van der Waals surface area contributed by atoms with Crippen LogP contribution in [-0.2, 0) is 6.54 Å². The van der Waals surface area contributed by atoms with Gasteiger partial charge in [0, 0.05) is 5.56 Å². The largest absolute Gasteiger partial charge is 0.493 e. The van der Waals surface area contributed by atoms with Crippen LogP contribution in [0.25, 0.3) is 20.7 Å². The van der Waals surface area contributed by atoms with Crippen molar-refractivity contribution < 1.29 is 9.15 Å². The van der Waals surface area contributed by atoms with Gasteiger partial charge in [0.15, 0.2) is 5.82 Å². The third-order valence-corrected chi connectivity index (χ3v) is 5.18. The first-order valence-electron chi connectivity index (χ1n) is 8.61. The summed E-state index contributed by atoms with van der Waals surface area (Å²) in [5.41, 5.74) is 1.90. The number of rotatable bonds is 6. The van der Waals surface area contributed by atoms with Gasteiger partial charge in [0.1, 0.15) is 40.7 Å². The Morgan fingerprint density at radius 3 is 2.89 bits per heavy atom. The van der Waals surface area contributed by atoms with Crippen molar-refractivity contribution in [3.63, 3.8) is 0 Å². The lowest BCUT2D eigenvalue weighted by atomic mass is 10.1. The second-order valence-corrected chi connectivity index (χ2v) is 6.72. The summed E-state index contributed by atoms with van der Waals surface area (Å²) >= 11 is 1.41. The molecule has 28 heavy (non-hydrogen) atoms. The molecule has 4 aromatic rings. The summed E-state index contributed by atoms with van der Waals surface area (Å²) in [6, 6.07) is 13.5. The molecule has 0 saturated heterocycles. The molecule has 0 amide bonds. The highest BCUT2D eigenvalue weighted by Gasteiger charge is 2.20. The summed E-state index contributed by atoms with van der Waals surface area (Å²) < 4.78 is 11.7. The molecule has 0 spiro atoms. The lowest BCUT2D eigenvalue weighted by Crippen LogP contribution is -1.93. The first-order chi connectivity index (χ1) is 13.8. The molecule has 0 fully saturated rings. The molecule has 0 aliphatic carbocycles. The first-order valence-corrected chi connectivity index (χ1v) is 9.43. The average molecular weight is 389 g/mol. The van der Waals surface area contributed by atoms with Crippen molar-refractivity contribution in [2.24, 2.45) is 10.2 Å². The van der Waals surface area contributed by atoms with Gasteiger partial charge >= 0.3 is 0 Å². The predicted octanol–water partition coefficient (Wildman–Crippen LogP) is 5.51. The van der Waals surface area contributed by atoms with Crippen molar-refractivity contribution >= 4 is 27.4 Å². The summed E-state index contributed by atoms with van der Waals surface area (Å²) in [4.78, 5) is 9.32. The van der Waals surface area contributed by atoms with Gasteiger partial charge in [-0.1, -0.05) is 12.1 Å². The Balaban J connectivity index is 1.80. The maximum absolute atomic E-state index is 9.77.